The summed E-state index contributed by atoms with van der Waals surface area (Å²) in [6.07, 6.45) is 6.62. The van der Waals surface area contributed by atoms with Gasteiger partial charge in [0.05, 0.1) is 28.7 Å². The van der Waals surface area contributed by atoms with Gasteiger partial charge in [-0.15, -0.1) is 0 Å². The molecule has 0 saturated heterocycles. The lowest BCUT2D eigenvalue weighted by Crippen LogP contribution is -2.28. The lowest BCUT2D eigenvalue weighted by Gasteiger charge is -2.23. The molecular formula is C27H30N6. The molecule has 3 heterocycles. The molecule has 6 nitrogen and oxygen atoms in total. The van der Waals surface area contributed by atoms with E-state index in [9.17, 15) is 0 Å². The normalized spacial score (nSPS) is 14.9. The average molecular weight is 439 g/mol. The fourth-order valence-electron chi connectivity index (χ4n) is 5.33. The van der Waals surface area contributed by atoms with Gasteiger partial charge in [0.1, 0.15) is 0 Å². The van der Waals surface area contributed by atoms with Gasteiger partial charge in [-0.2, -0.15) is 5.10 Å². The fraction of sp³-hybridized carbons (Fsp3) is 0.370. The maximum absolute atomic E-state index is 5.28. The monoisotopic (exact) mass is 438 g/mol. The first-order valence-corrected chi connectivity index (χ1v) is 11.9. The molecular weight excluding hydrogens is 408 g/mol. The van der Waals surface area contributed by atoms with Crippen molar-refractivity contribution in [3.63, 3.8) is 0 Å². The van der Waals surface area contributed by atoms with E-state index in [2.05, 4.69) is 71.4 Å². The highest BCUT2D eigenvalue weighted by atomic mass is 15.3. The number of aromatic nitrogens is 3. The van der Waals surface area contributed by atoms with Crippen molar-refractivity contribution in [3.8, 4) is 11.3 Å². The molecule has 2 aromatic heterocycles. The molecule has 2 aromatic carbocycles. The zero-order chi connectivity index (χ0) is 22.5. The van der Waals surface area contributed by atoms with Crippen LogP contribution in [0.1, 0.15) is 35.1 Å². The van der Waals surface area contributed by atoms with Gasteiger partial charge in [0, 0.05) is 37.3 Å². The van der Waals surface area contributed by atoms with Gasteiger partial charge in [-0.05, 0) is 80.2 Å². The van der Waals surface area contributed by atoms with Crippen LogP contribution in [0.4, 0.5) is 5.82 Å². The number of hydrogen-bond donors (Lipinski definition) is 1. The van der Waals surface area contributed by atoms with Crippen molar-refractivity contribution in [3.05, 3.63) is 52.6 Å². The number of aliphatic imine (C=N–C) groups is 1. The van der Waals surface area contributed by atoms with Crippen LogP contribution in [0.5, 0.6) is 0 Å². The summed E-state index contributed by atoms with van der Waals surface area (Å²) < 4.78 is 0. The lowest BCUT2D eigenvalue weighted by molar-refractivity contribution is 0.416. The zero-order valence-corrected chi connectivity index (χ0v) is 19.6. The van der Waals surface area contributed by atoms with E-state index in [0.29, 0.717) is 0 Å². The van der Waals surface area contributed by atoms with E-state index in [-0.39, 0.29) is 0 Å². The molecule has 33 heavy (non-hydrogen) atoms. The van der Waals surface area contributed by atoms with Gasteiger partial charge in [-0.3, -0.25) is 10.1 Å². The molecule has 4 aromatic rings. The second kappa shape index (κ2) is 7.96. The molecule has 0 bridgehead atoms. The van der Waals surface area contributed by atoms with Gasteiger partial charge >= 0.3 is 0 Å². The number of nitrogens with one attached hydrogen (secondary N) is 1. The van der Waals surface area contributed by atoms with E-state index >= 15 is 0 Å². The van der Waals surface area contributed by atoms with Crippen molar-refractivity contribution in [2.75, 3.05) is 39.1 Å². The minimum atomic E-state index is 0.793. The summed E-state index contributed by atoms with van der Waals surface area (Å²) in [4.78, 5) is 14.2. The number of anilines is 1. The van der Waals surface area contributed by atoms with Gasteiger partial charge in [0.15, 0.2) is 5.82 Å². The maximum Gasteiger partial charge on any atom is 0.158 e. The Morgan fingerprint density at radius 1 is 0.939 bits per heavy atom. The van der Waals surface area contributed by atoms with Gasteiger partial charge in [0.25, 0.3) is 0 Å². The first-order chi connectivity index (χ1) is 16.1. The largest absolute Gasteiger partial charge is 0.356 e. The number of likely N-dealkylation sites (N-methyl/N-ethyl adjacent to an activating group) is 2. The third-order valence-corrected chi connectivity index (χ3v) is 7.13. The molecule has 2 aliphatic rings. The summed E-state index contributed by atoms with van der Waals surface area (Å²) >= 11 is 0. The standard InChI is InChI=1S/C27H30N6/c1-32(2)12-13-33(3)27-25-23(30-31-27)11-10-22-24(25)20-6-4-5-7-21(20)26(29-22)17-8-9-18-15-28-16-19(18)14-17/h8-11,14,16H,4-7,12-13,15H2,1-3H3,(H,30,31). The zero-order valence-electron chi connectivity index (χ0n) is 19.6. The predicted octanol–water partition coefficient (Wildman–Crippen LogP) is 4.59. The number of H-pyrrole nitrogens is 1. The van der Waals surface area contributed by atoms with Crippen LogP contribution in [0.25, 0.3) is 33.1 Å². The SMILES string of the molecule is CN(C)CCN(C)c1n[nH]c2ccc3nc(-c4ccc5c(c4)C=NC5)c4c(c3c12)CCCC4. The number of benzene rings is 2. The van der Waals surface area contributed by atoms with Crippen molar-refractivity contribution in [2.24, 2.45) is 4.99 Å². The molecule has 0 spiro atoms. The van der Waals surface area contributed by atoms with Crippen molar-refractivity contribution >= 4 is 33.8 Å². The molecule has 6 rings (SSSR count). The van der Waals surface area contributed by atoms with Crippen LogP contribution in [-0.4, -0.2) is 60.5 Å². The van der Waals surface area contributed by atoms with E-state index in [0.717, 1.165) is 55.0 Å². The molecule has 1 N–H and O–H groups in total. The molecule has 0 unspecified atom stereocenters. The number of fused-ring (bicyclic) bond motifs is 6. The van der Waals surface area contributed by atoms with Gasteiger partial charge in [-0.1, -0.05) is 12.1 Å². The number of pyridine rings is 1. The molecule has 0 amide bonds. The van der Waals surface area contributed by atoms with Crippen LogP contribution in [0.2, 0.25) is 0 Å². The summed E-state index contributed by atoms with van der Waals surface area (Å²) in [6.45, 7) is 2.70. The van der Waals surface area contributed by atoms with Crippen LogP contribution >= 0.6 is 0 Å². The molecule has 0 saturated carbocycles. The highest BCUT2D eigenvalue weighted by molar-refractivity contribution is 6.13. The van der Waals surface area contributed by atoms with Crippen LogP contribution < -0.4 is 4.90 Å². The highest BCUT2D eigenvalue weighted by Gasteiger charge is 2.24. The van der Waals surface area contributed by atoms with Crippen LogP contribution in [0.3, 0.4) is 0 Å². The molecule has 0 radical (unpaired) electrons. The minimum Gasteiger partial charge on any atom is -0.356 e. The van der Waals surface area contributed by atoms with Crippen LogP contribution in [0.15, 0.2) is 35.3 Å². The Morgan fingerprint density at radius 2 is 1.79 bits per heavy atom. The summed E-state index contributed by atoms with van der Waals surface area (Å²) in [7, 11) is 6.36. The van der Waals surface area contributed by atoms with Gasteiger partial charge in [-0.25, -0.2) is 4.98 Å². The summed E-state index contributed by atoms with van der Waals surface area (Å²) in [5.41, 5.74) is 9.92. The first kappa shape index (κ1) is 20.4. The van der Waals surface area contributed by atoms with Crippen molar-refractivity contribution < 1.29 is 0 Å². The molecule has 6 heteroatoms. The Labute approximate surface area is 194 Å². The number of aromatic amines is 1. The van der Waals surface area contributed by atoms with Crippen LogP contribution in [0, 0.1) is 0 Å². The van der Waals surface area contributed by atoms with E-state index in [4.69, 9.17) is 10.1 Å². The Hall–Kier alpha value is -3.25. The third kappa shape index (κ3) is 3.40. The van der Waals surface area contributed by atoms with Crippen LogP contribution in [-0.2, 0) is 19.4 Å². The fourth-order valence-corrected chi connectivity index (χ4v) is 5.33. The highest BCUT2D eigenvalue weighted by Crippen LogP contribution is 2.40. The minimum absolute atomic E-state index is 0.793. The number of aryl methyl sites for hydroxylation is 1. The van der Waals surface area contributed by atoms with Crippen molar-refractivity contribution in [1.29, 1.82) is 0 Å². The lowest BCUT2D eigenvalue weighted by atomic mass is 9.85. The number of hydrogen-bond acceptors (Lipinski definition) is 5. The second-order valence-corrected chi connectivity index (χ2v) is 9.66. The van der Waals surface area contributed by atoms with Crippen molar-refractivity contribution in [1.82, 2.24) is 20.1 Å². The number of nitrogens with zero attached hydrogens (tertiary/aromatic N) is 5. The first-order valence-electron chi connectivity index (χ1n) is 11.9. The molecule has 0 fully saturated rings. The molecule has 168 valence electrons. The smallest absolute Gasteiger partial charge is 0.158 e. The Kier molecular flexibility index (Phi) is 4.91. The summed E-state index contributed by atoms with van der Waals surface area (Å²) in [5.74, 6) is 1.02. The molecule has 1 aliphatic carbocycles. The third-order valence-electron chi connectivity index (χ3n) is 7.13. The quantitative estimate of drug-likeness (QED) is 0.495. The van der Waals surface area contributed by atoms with Gasteiger partial charge < -0.3 is 9.80 Å². The Balaban J connectivity index is 1.57. The van der Waals surface area contributed by atoms with E-state index < -0.39 is 0 Å². The van der Waals surface area contributed by atoms with E-state index in [1.807, 2.05) is 6.21 Å². The van der Waals surface area contributed by atoms with E-state index in [1.165, 1.54) is 51.4 Å². The summed E-state index contributed by atoms with van der Waals surface area (Å²) in [6, 6.07) is 11.0. The average Bonchev–Trinajstić information content (AvgIpc) is 3.48. The number of rotatable bonds is 5. The van der Waals surface area contributed by atoms with Gasteiger partial charge in [0.2, 0.25) is 0 Å². The topological polar surface area (TPSA) is 60.4 Å². The predicted molar refractivity (Wildman–Crippen MR) is 137 cm³/mol. The molecule has 1 aliphatic heterocycles. The van der Waals surface area contributed by atoms with E-state index in [1.54, 1.807) is 0 Å². The Bertz CT molecular complexity index is 1400. The Morgan fingerprint density at radius 3 is 2.64 bits per heavy atom. The second-order valence-electron chi connectivity index (χ2n) is 9.66. The maximum atomic E-state index is 5.28. The van der Waals surface area contributed by atoms with Crippen molar-refractivity contribution in [2.45, 2.75) is 32.2 Å². The summed E-state index contributed by atoms with van der Waals surface area (Å²) in [5, 5.41) is 10.5. The molecule has 0 atom stereocenters.